The van der Waals surface area contributed by atoms with Crippen molar-refractivity contribution in [3.63, 3.8) is 0 Å². The summed E-state index contributed by atoms with van der Waals surface area (Å²) in [7, 11) is -0.895. The molecular formula is C21H36B2O4. The van der Waals surface area contributed by atoms with Crippen LogP contribution in [0.15, 0.2) is 23.1 Å². The van der Waals surface area contributed by atoms with Crippen LogP contribution in [0.25, 0.3) is 0 Å². The smallest absolute Gasteiger partial charge is 0.399 e. The maximum Gasteiger partial charge on any atom is 0.494 e. The lowest BCUT2D eigenvalue weighted by atomic mass is 9.59. The van der Waals surface area contributed by atoms with E-state index in [-0.39, 0.29) is 22.4 Å². The topological polar surface area (TPSA) is 36.9 Å². The van der Waals surface area contributed by atoms with Crippen LogP contribution in [0, 0.1) is 0 Å². The molecular weight excluding hydrogens is 338 g/mol. The molecule has 27 heavy (non-hydrogen) atoms. The highest BCUT2D eigenvalue weighted by atomic mass is 16.7. The lowest BCUT2D eigenvalue weighted by molar-refractivity contribution is 0.00578. The summed E-state index contributed by atoms with van der Waals surface area (Å²) >= 11 is 0. The summed E-state index contributed by atoms with van der Waals surface area (Å²) in [5.41, 5.74) is 1.76. The lowest BCUT2D eigenvalue weighted by Gasteiger charge is -2.32. The highest BCUT2D eigenvalue weighted by Crippen LogP contribution is 2.45. The Bertz CT molecular complexity index is 609. The molecule has 0 aromatic heterocycles. The molecule has 0 amide bonds. The van der Waals surface area contributed by atoms with Crippen molar-refractivity contribution in [3.05, 3.63) is 23.1 Å². The quantitative estimate of drug-likeness (QED) is 0.647. The molecule has 1 saturated carbocycles. The molecule has 3 rings (SSSR count). The van der Waals surface area contributed by atoms with Gasteiger partial charge in [0.2, 0.25) is 0 Å². The minimum Gasteiger partial charge on any atom is -0.399 e. The molecule has 2 aliphatic heterocycles. The third-order valence-electron chi connectivity index (χ3n) is 7.21. The maximum absolute atomic E-state index is 6.41. The van der Waals surface area contributed by atoms with Crippen LogP contribution < -0.4 is 0 Å². The molecule has 0 N–H and O–H groups in total. The van der Waals surface area contributed by atoms with Gasteiger partial charge in [-0.2, -0.15) is 0 Å². The molecule has 1 aliphatic carbocycles. The zero-order chi connectivity index (χ0) is 20.3. The van der Waals surface area contributed by atoms with E-state index in [1.54, 1.807) is 0 Å². The minimum atomic E-state index is -0.474. The van der Waals surface area contributed by atoms with Crippen molar-refractivity contribution in [2.24, 2.45) is 0 Å². The van der Waals surface area contributed by atoms with Crippen LogP contribution >= 0.6 is 0 Å². The zero-order valence-electron chi connectivity index (χ0n) is 18.5. The monoisotopic (exact) mass is 374 g/mol. The van der Waals surface area contributed by atoms with E-state index in [1.807, 2.05) is 0 Å². The SMILES string of the molecule is C=C(B1OC(C)(C)C(C)(C)O1)C(B1OC(C)(C)C(C)(C)O1)=C1CCCCC1. The molecule has 0 aromatic rings. The number of allylic oxidation sites excluding steroid dienone is 3. The molecule has 0 aromatic carbocycles. The Morgan fingerprint density at radius 2 is 1.04 bits per heavy atom. The van der Waals surface area contributed by atoms with Crippen LogP contribution in [-0.4, -0.2) is 36.6 Å². The van der Waals surface area contributed by atoms with Crippen LogP contribution in [0.1, 0.15) is 87.5 Å². The predicted octanol–water partition coefficient (Wildman–Crippen LogP) is 5.07. The van der Waals surface area contributed by atoms with Gasteiger partial charge in [0, 0.05) is 0 Å². The molecule has 0 unspecified atom stereocenters. The van der Waals surface area contributed by atoms with Crippen LogP contribution in [0.2, 0.25) is 0 Å². The van der Waals surface area contributed by atoms with E-state index in [9.17, 15) is 0 Å². The standard InChI is InChI=1S/C21H36B2O4/c1-15(22-24-18(2,3)19(4,5)25-22)17(16-13-11-10-12-14-16)23-26-20(6,7)21(8,9)27-23/h1,10-14H2,2-9H3. The highest BCUT2D eigenvalue weighted by molar-refractivity contribution is 6.66. The fourth-order valence-electron chi connectivity index (χ4n) is 3.87. The number of hydrogen-bond acceptors (Lipinski definition) is 4. The van der Waals surface area contributed by atoms with Crippen LogP contribution in [-0.2, 0) is 18.6 Å². The first-order valence-electron chi connectivity index (χ1n) is 10.4. The van der Waals surface area contributed by atoms with E-state index in [1.165, 1.54) is 24.8 Å². The molecule has 3 aliphatic rings. The number of hydrogen-bond donors (Lipinski definition) is 0. The second-order valence-corrected chi connectivity index (χ2v) is 10.3. The summed E-state index contributed by atoms with van der Waals surface area (Å²) in [4.78, 5) is 0. The fourth-order valence-corrected chi connectivity index (χ4v) is 3.87. The second kappa shape index (κ2) is 6.76. The Balaban J connectivity index is 1.94. The summed E-state index contributed by atoms with van der Waals surface area (Å²) in [5, 5.41) is 0. The molecule has 3 fully saturated rings. The van der Waals surface area contributed by atoms with Gasteiger partial charge in [-0.3, -0.25) is 0 Å². The van der Waals surface area contributed by atoms with Gasteiger partial charge in [-0.1, -0.05) is 18.6 Å². The van der Waals surface area contributed by atoms with E-state index < -0.39 is 14.2 Å². The van der Waals surface area contributed by atoms with Crippen molar-refractivity contribution in [1.29, 1.82) is 0 Å². The van der Waals surface area contributed by atoms with Crippen molar-refractivity contribution in [3.8, 4) is 0 Å². The third-order valence-corrected chi connectivity index (χ3v) is 7.21. The normalized spacial score (nSPS) is 28.5. The maximum atomic E-state index is 6.41. The highest BCUT2D eigenvalue weighted by Gasteiger charge is 2.57. The first kappa shape index (κ1) is 21.2. The Kier molecular flexibility index (Phi) is 5.30. The molecule has 2 saturated heterocycles. The van der Waals surface area contributed by atoms with Crippen molar-refractivity contribution < 1.29 is 18.6 Å². The molecule has 4 nitrogen and oxygen atoms in total. The summed E-state index contributed by atoms with van der Waals surface area (Å²) < 4.78 is 25.4. The van der Waals surface area contributed by atoms with Crippen molar-refractivity contribution in [1.82, 2.24) is 0 Å². The van der Waals surface area contributed by atoms with Crippen molar-refractivity contribution in [2.75, 3.05) is 0 Å². The minimum absolute atomic E-state index is 0.381. The second-order valence-electron chi connectivity index (χ2n) is 10.3. The molecule has 150 valence electrons. The van der Waals surface area contributed by atoms with E-state index in [2.05, 4.69) is 62.0 Å². The van der Waals surface area contributed by atoms with Crippen LogP contribution in [0.5, 0.6) is 0 Å². The fraction of sp³-hybridized carbons (Fsp3) is 0.810. The molecule has 0 spiro atoms. The Labute approximate surface area is 166 Å². The van der Waals surface area contributed by atoms with E-state index in [0.29, 0.717) is 0 Å². The third kappa shape index (κ3) is 3.71. The summed E-state index contributed by atoms with van der Waals surface area (Å²) in [5.74, 6) is 0. The summed E-state index contributed by atoms with van der Waals surface area (Å²) in [6.07, 6.45) is 5.82. The Hall–Kier alpha value is -0.550. The van der Waals surface area contributed by atoms with Gasteiger partial charge in [0.05, 0.1) is 22.4 Å². The van der Waals surface area contributed by atoms with Gasteiger partial charge in [0.25, 0.3) is 0 Å². The molecule has 0 radical (unpaired) electrons. The average Bonchev–Trinajstić information content (AvgIpc) is 2.88. The molecule has 0 bridgehead atoms. The average molecular weight is 374 g/mol. The molecule has 6 heteroatoms. The van der Waals surface area contributed by atoms with Crippen molar-refractivity contribution >= 4 is 14.2 Å². The van der Waals surface area contributed by atoms with Gasteiger partial charge in [0.15, 0.2) is 0 Å². The Morgan fingerprint density at radius 3 is 1.44 bits per heavy atom. The van der Waals surface area contributed by atoms with E-state index >= 15 is 0 Å². The van der Waals surface area contributed by atoms with Gasteiger partial charge in [-0.15, -0.1) is 0 Å². The molecule has 2 heterocycles. The predicted molar refractivity (Wildman–Crippen MR) is 111 cm³/mol. The van der Waals surface area contributed by atoms with Crippen molar-refractivity contribution in [2.45, 2.75) is 110 Å². The van der Waals surface area contributed by atoms with Gasteiger partial charge in [-0.05, 0) is 92.0 Å². The Morgan fingerprint density at radius 1 is 0.667 bits per heavy atom. The number of rotatable bonds is 3. The van der Waals surface area contributed by atoms with Gasteiger partial charge >= 0.3 is 14.2 Å². The summed E-state index contributed by atoms with van der Waals surface area (Å²) in [6.45, 7) is 21.1. The largest absolute Gasteiger partial charge is 0.494 e. The first-order chi connectivity index (χ1) is 12.3. The van der Waals surface area contributed by atoms with E-state index in [4.69, 9.17) is 18.6 Å². The van der Waals surface area contributed by atoms with Crippen LogP contribution in [0.3, 0.4) is 0 Å². The zero-order valence-corrected chi connectivity index (χ0v) is 18.5. The van der Waals surface area contributed by atoms with Crippen LogP contribution in [0.4, 0.5) is 0 Å². The molecule has 0 atom stereocenters. The van der Waals surface area contributed by atoms with E-state index in [0.717, 1.165) is 23.8 Å². The van der Waals surface area contributed by atoms with Gasteiger partial charge < -0.3 is 18.6 Å². The lowest BCUT2D eigenvalue weighted by Crippen LogP contribution is -2.41. The summed E-state index contributed by atoms with van der Waals surface area (Å²) in [6, 6.07) is 0. The van der Waals surface area contributed by atoms with Gasteiger partial charge in [0.1, 0.15) is 0 Å². The first-order valence-corrected chi connectivity index (χ1v) is 10.4. The van der Waals surface area contributed by atoms with Gasteiger partial charge in [-0.25, -0.2) is 0 Å².